The van der Waals surface area contributed by atoms with E-state index in [1.165, 1.54) is 11.8 Å². The third-order valence-corrected chi connectivity index (χ3v) is 4.04. The lowest BCUT2D eigenvalue weighted by atomic mass is 9.87. The molecule has 0 fully saturated rings. The van der Waals surface area contributed by atoms with Crippen molar-refractivity contribution in [2.75, 3.05) is 0 Å². The van der Waals surface area contributed by atoms with Crippen molar-refractivity contribution in [3.05, 3.63) is 12.2 Å². The van der Waals surface area contributed by atoms with Crippen LogP contribution in [0.1, 0.15) is 47.5 Å². The van der Waals surface area contributed by atoms with E-state index in [1.54, 1.807) is 0 Å². The zero-order chi connectivity index (χ0) is 14.6. The van der Waals surface area contributed by atoms with Gasteiger partial charge in [-0.25, -0.2) is 4.79 Å². The van der Waals surface area contributed by atoms with Crippen molar-refractivity contribution in [2.24, 2.45) is 11.8 Å². The second-order valence-electron chi connectivity index (χ2n) is 6.50. The Morgan fingerprint density at radius 1 is 1.26 bits per heavy atom. The molecule has 0 aliphatic heterocycles. The maximum absolute atomic E-state index is 11.8. The maximum Gasteiger partial charge on any atom is 0.368 e. The summed E-state index contributed by atoms with van der Waals surface area (Å²) in [6.07, 6.45) is 4.73. The first-order chi connectivity index (χ1) is 8.67. The van der Waals surface area contributed by atoms with Crippen molar-refractivity contribution in [1.82, 2.24) is 0 Å². The summed E-state index contributed by atoms with van der Waals surface area (Å²) in [5, 5.41) is 9.82. The van der Waals surface area contributed by atoms with E-state index < -0.39 is 6.10 Å². The highest BCUT2D eigenvalue weighted by atomic mass is 32.2. The minimum Gasteiger partial charge on any atom is -0.450 e. The topological polar surface area (TPSA) is 46.5 Å². The van der Waals surface area contributed by atoms with E-state index in [0.29, 0.717) is 12.3 Å². The Labute approximate surface area is 120 Å². The molecule has 0 aromatic heterocycles. The SMILES string of the molecule is CC1/C=C/C(OC(=O)SC(C)(C)C)CC(O)C(C)C1. The number of aliphatic hydroxyl groups is 1. The fourth-order valence-corrected chi connectivity index (χ4v) is 2.84. The van der Waals surface area contributed by atoms with Crippen LogP contribution in [0.5, 0.6) is 0 Å². The summed E-state index contributed by atoms with van der Waals surface area (Å²) in [4.78, 5) is 11.8. The number of rotatable bonds is 1. The molecular weight excluding hydrogens is 260 g/mol. The van der Waals surface area contributed by atoms with E-state index in [0.717, 1.165) is 6.42 Å². The molecule has 0 heterocycles. The Morgan fingerprint density at radius 2 is 1.89 bits per heavy atom. The lowest BCUT2D eigenvalue weighted by Gasteiger charge is -2.27. The molecule has 1 N–H and O–H groups in total. The smallest absolute Gasteiger partial charge is 0.368 e. The van der Waals surface area contributed by atoms with Crippen molar-refractivity contribution >= 4 is 17.1 Å². The van der Waals surface area contributed by atoms with Gasteiger partial charge in [-0.3, -0.25) is 0 Å². The Morgan fingerprint density at radius 3 is 2.47 bits per heavy atom. The zero-order valence-corrected chi connectivity index (χ0v) is 13.4. The van der Waals surface area contributed by atoms with Crippen LogP contribution in [-0.2, 0) is 4.74 Å². The Kier molecular flexibility index (Phi) is 5.93. The number of allylic oxidation sites excluding steroid dienone is 1. The highest BCUT2D eigenvalue weighted by Gasteiger charge is 2.26. The molecule has 4 heteroatoms. The monoisotopic (exact) mass is 286 g/mol. The lowest BCUT2D eigenvalue weighted by molar-refractivity contribution is 0.0501. The molecule has 1 aliphatic rings. The van der Waals surface area contributed by atoms with Gasteiger partial charge in [0.1, 0.15) is 6.10 Å². The van der Waals surface area contributed by atoms with Crippen LogP contribution in [0, 0.1) is 11.8 Å². The van der Waals surface area contributed by atoms with Crippen LogP contribution in [0.15, 0.2) is 12.2 Å². The Balaban J connectivity index is 2.63. The summed E-state index contributed by atoms with van der Waals surface area (Å²) in [5.41, 5.74) is 0. The molecule has 0 aromatic carbocycles. The molecule has 0 spiro atoms. The van der Waals surface area contributed by atoms with E-state index >= 15 is 0 Å². The molecule has 4 atom stereocenters. The molecular formula is C15H26O3S. The minimum atomic E-state index is -0.412. The molecule has 110 valence electrons. The van der Waals surface area contributed by atoms with E-state index in [2.05, 4.69) is 13.0 Å². The number of carbonyl (C=O) groups excluding carboxylic acids is 1. The number of carbonyl (C=O) groups is 1. The fraction of sp³-hybridized carbons (Fsp3) is 0.800. The summed E-state index contributed by atoms with van der Waals surface area (Å²) in [6.45, 7) is 10.1. The van der Waals surface area contributed by atoms with Crippen molar-refractivity contribution in [3.63, 3.8) is 0 Å². The molecule has 1 rings (SSSR count). The van der Waals surface area contributed by atoms with Crippen molar-refractivity contribution in [1.29, 1.82) is 0 Å². The van der Waals surface area contributed by atoms with Crippen LogP contribution in [0.4, 0.5) is 4.79 Å². The van der Waals surface area contributed by atoms with Gasteiger partial charge < -0.3 is 9.84 Å². The van der Waals surface area contributed by atoms with Gasteiger partial charge in [0.05, 0.1) is 6.10 Å². The van der Waals surface area contributed by atoms with Gasteiger partial charge in [-0.15, -0.1) is 0 Å². The minimum absolute atomic E-state index is 0.151. The molecule has 1 aliphatic carbocycles. The van der Waals surface area contributed by atoms with Gasteiger partial charge in [0.25, 0.3) is 0 Å². The number of hydrogen-bond acceptors (Lipinski definition) is 4. The number of ether oxygens (including phenoxy) is 1. The third-order valence-electron chi connectivity index (χ3n) is 3.17. The van der Waals surface area contributed by atoms with E-state index in [9.17, 15) is 9.90 Å². The summed E-state index contributed by atoms with van der Waals surface area (Å²) >= 11 is 1.19. The molecule has 0 saturated heterocycles. The molecule has 3 nitrogen and oxygen atoms in total. The van der Waals surface area contributed by atoms with Gasteiger partial charge in [-0.05, 0) is 36.1 Å². The fourth-order valence-electron chi connectivity index (χ4n) is 2.17. The molecule has 0 radical (unpaired) electrons. The van der Waals surface area contributed by atoms with Gasteiger partial charge in [-0.2, -0.15) is 0 Å². The van der Waals surface area contributed by atoms with E-state index in [-0.39, 0.29) is 22.1 Å². The highest BCUT2D eigenvalue weighted by molar-refractivity contribution is 8.14. The summed E-state index contributed by atoms with van der Waals surface area (Å²) < 4.78 is 5.30. The number of aliphatic hydroxyl groups excluding tert-OH is 1. The summed E-state index contributed by atoms with van der Waals surface area (Å²) in [7, 11) is 0. The second kappa shape index (κ2) is 6.80. The first kappa shape index (κ1) is 16.6. The summed E-state index contributed by atoms with van der Waals surface area (Å²) in [6, 6.07) is 0. The van der Waals surface area contributed by atoms with E-state index in [4.69, 9.17) is 4.74 Å². The van der Waals surface area contributed by atoms with Crippen LogP contribution in [0.25, 0.3) is 0 Å². The van der Waals surface area contributed by atoms with Gasteiger partial charge >= 0.3 is 5.30 Å². The molecule has 0 bridgehead atoms. The zero-order valence-electron chi connectivity index (χ0n) is 12.6. The normalized spacial score (nSPS) is 34.2. The van der Waals surface area contributed by atoms with Crippen molar-refractivity contribution < 1.29 is 14.6 Å². The van der Waals surface area contributed by atoms with Crippen LogP contribution in [-0.4, -0.2) is 27.4 Å². The predicted molar refractivity (Wildman–Crippen MR) is 80.3 cm³/mol. The first-order valence-electron chi connectivity index (χ1n) is 6.93. The average molecular weight is 286 g/mol. The number of thioether (sulfide) groups is 1. The van der Waals surface area contributed by atoms with Gasteiger partial charge in [0.15, 0.2) is 0 Å². The lowest BCUT2D eigenvalue weighted by Crippen LogP contribution is -2.29. The van der Waals surface area contributed by atoms with Gasteiger partial charge in [0, 0.05) is 11.2 Å². The molecule has 0 saturated carbocycles. The van der Waals surface area contributed by atoms with Crippen molar-refractivity contribution in [2.45, 2.75) is 64.4 Å². The Bertz CT molecular complexity index is 333. The molecule has 4 unspecified atom stereocenters. The highest BCUT2D eigenvalue weighted by Crippen LogP contribution is 2.28. The van der Waals surface area contributed by atoms with Crippen LogP contribution in [0.2, 0.25) is 0 Å². The maximum atomic E-state index is 11.8. The molecule has 19 heavy (non-hydrogen) atoms. The van der Waals surface area contributed by atoms with E-state index in [1.807, 2.05) is 33.8 Å². The quantitative estimate of drug-likeness (QED) is 0.584. The largest absolute Gasteiger partial charge is 0.450 e. The molecule has 0 aromatic rings. The van der Waals surface area contributed by atoms with Gasteiger partial charge in [-0.1, -0.05) is 40.7 Å². The second-order valence-corrected chi connectivity index (χ2v) is 8.26. The van der Waals surface area contributed by atoms with Crippen LogP contribution < -0.4 is 0 Å². The first-order valence-corrected chi connectivity index (χ1v) is 7.75. The van der Waals surface area contributed by atoms with Crippen LogP contribution >= 0.6 is 11.8 Å². The Hall–Kier alpha value is -0.480. The average Bonchev–Trinajstić information content (AvgIpc) is 2.21. The van der Waals surface area contributed by atoms with Crippen molar-refractivity contribution in [3.8, 4) is 0 Å². The number of hydrogen-bond donors (Lipinski definition) is 1. The summed E-state index contributed by atoms with van der Waals surface area (Å²) in [5.74, 6) is 0.637. The third kappa shape index (κ3) is 6.48. The predicted octanol–water partition coefficient (Wildman–Crippen LogP) is 4.01. The van der Waals surface area contributed by atoms with Gasteiger partial charge in [0.2, 0.25) is 0 Å². The standard InChI is InChI=1S/C15H26O3S/c1-10-6-7-12(9-13(16)11(2)8-10)18-14(17)19-15(3,4)5/h6-7,10-13,16H,8-9H2,1-5H3/b7-6+. The van der Waals surface area contributed by atoms with Crippen LogP contribution in [0.3, 0.4) is 0 Å². The molecule has 0 amide bonds.